The number of aliphatic hydroxyl groups is 1. The molecule has 0 aliphatic rings. The Morgan fingerprint density at radius 2 is 1.58 bits per heavy atom. The average Bonchev–Trinajstić information content (AvgIpc) is 1.85. The van der Waals surface area contributed by atoms with Gasteiger partial charge in [-0.3, -0.25) is 0 Å². The van der Waals surface area contributed by atoms with E-state index in [1.165, 1.54) is 0 Å². The molecule has 12 heavy (non-hydrogen) atoms. The second-order valence-electron chi connectivity index (χ2n) is 4.77. The van der Waals surface area contributed by atoms with Crippen molar-refractivity contribution in [1.82, 2.24) is 0 Å². The van der Waals surface area contributed by atoms with Crippen molar-refractivity contribution in [3.8, 4) is 0 Å². The minimum absolute atomic E-state index is 0.0401. The first-order chi connectivity index (χ1) is 5.31. The smallest absolute Gasteiger partial charge is 0.0667 e. The molecular formula is C10H23NO. The van der Waals surface area contributed by atoms with Crippen LogP contribution in [0, 0.1) is 5.41 Å². The summed E-state index contributed by atoms with van der Waals surface area (Å²) in [4.78, 5) is 0. The van der Waals surface area contributed by atoms with Crippen molar-refractivity contribution in [3.05, 3.63) is 0 Å². The van der Waals surface area contributed by atoms with Gasteiger partial charge in [0.25, 0.3) is 0 Å². The molecule has 0 amide bonds. The van der Waals surface area contributed by atoms with Crippen LogP contribution >= 0.6 is 0 Å². The quantitative estimate of drug-likeness (QED) is 0.638. The second kappa shape index (κ2) is 4.24. The van der Waals surface area contributed by atoms with Gasteiger partial charge in [-0.25, -0.2) is 0 Å². The molecule has 1 atom stereocenters. The molecule has 0 heterocycles. The van der Waals surface area contributed by atoms with E-state index in [2.05, 4.69) is 20.8 Å². The van der Waals surface area contributed by atoms with Gasteiger partial charge in [-0.15, -0.1) is 0 Å². The van der Waals surface area contributed by atoms with Gasteiger partial charge < -0.3 is 10.8 Å². The zero-order valence-corrected chi connectivity index (χ0v) is 8.85. The highest BCUT2D eigenvalue weighted by atomic mass is 16.3. The molecule has 1 unspecified atom stereocenters. The lowest BCUT2D eigenvalue weighted by atomic mass is 9.75. The Kier molecular flexibility index (Phi) is 4.21. The highest BCUT2D eigenvalue weighted by Crippen LogP contribution is 2.33. The van der Waals surface area contributed by atoms with Crippen LogP contribution in [0.4, 0.5) is 0 Å². The lowest BCUT2D eigenvalue weighted by Gasteiger charge is -2.37. The fourth-order valence-corrected chi connectivity index (χ4v) is 0.989. The summed E-state index contributed by atoms with van der Waals surface area (Å²) >= 11 is 0. The Labute approximate surface area is 76.2 Å². The molecule has 0 bridgehead atoms. The summed E-state index contributed by atoms with van der Waals surface area (Å²) in [5.41, 5.74) is 4.78. The Morgan fingerprint density at radius 3 is 1.92 bits per heavy atom. The van der Waals surface area contributed by atoms with Gasteiger partial charge in [-0.05, 0) is 38.1 Å². The number of hydrogen-bond acceptors (Lipinski definition) is 2. The molecule has 0 saturated heterocycles. The van der Waals surface area contributed by atoms with Gasteiger partial charge in [-0.2, -0.15) is 0 Å². The van der Waals surface area contributed by atoms with Gasteiger partial charge >= 0.3 is 0 Å². The van der Waals surface area contributed by atoms with Crippen LogP contribution in [0.1, 0.15) is 47.0 Å². The highest BCUT2D eigenvalue weighted by molar-refractivity contribution is 4.85. The topological polar surface area (TPSA) is 46.2 Å². The van der Waals surface area contributed by atoms with E-state index in [1.54, 1.807) is 0 Å². The van der Waals surface area contributed by atoms with Crippen LogP contribution < -0.4 is 5.73 Å². The summed E-state index contributed by atoms with van der Waals surface area (Å²) < 4.78 is 0. The first kappa shape index (κ1) is 11.9. The van der Waals surface area contributed by atoms with Crippen LogP contribution in [0.15, 0.2) is 0 Å². The molecule has 0 saturated carbocycles. The van der Waals surface area contributed by atoms with E-state index in [1.807, 2.05) is 6.92 Å². The molecule has 74 valence electrons. The fourth-order valence-electron chi connectivity index (χ4n) is 0.989. The molecule has 0 aromatic heterocycles. The van der Waals surface area contributed by atoms with Crippen LogP contribution in [0.25, 0.3) is 0 Å². The third-order valence-electron chi connectivity index (χ3n) is 2.73. The molecule has 0 rings (SSSR count). The minimum atomic E-state index is -0.567. The van der Waals surface area contributed by atoms with E-state index in [0.29, 0.717) is 0 Å². The summed E-state index contributed by atoms with van der Waals surface area (Å²) in [7, 11) is 0. The van der Waals surface area contributed by atoms with Crippen molar-refractivity contribution in [2.75, 3.05) is 6.54 Å². The molecule has 2 heteroatoms. The van der Waals surface area contributed by atoms with Crippen molar-refractivity contribution in [1.29, 1.82) is 0 Å². The van der Waals surface area contributed by atoms with Crippen molar-refractivity contribution in [2.24, 2.45) is 11.1 Å². The largest absolute Gasteiger partial charge is 0.390 e. The number of nitrogens with two attached hydrogens (primary N) is 1. The maximum absolute atomic E-state index is 10.0. The van der Waals surface area contributed by atoms with Gasteiger partial charge in [0.05, 0.1) is 5.60 Å². The standard InChI is InChI=1S/C10H23NO/c1-9(2,3)10(4,12)7-5-6-8-11/h12H,5-8,11H2,1-4H3. The molecule has 0 spiro atoms. The predicted octanol–water partition coefficient (Wildman–Crippen LogP) is 1.91. The Morgan fingerprint density at radius 1 is 1.08 bits per heavy atom. The van der Waals surface area contributed by atoms with E-state index >= 15 is 0 Å². The number of unbranched alkanes of at least 4 members (excludes halogenated alkanes) is 1. The van der Waals surface area contributed by atoms with Crippen LogP contribution in [-0.4, -0.2) is 17.3 Å². The van der Waals surface area contributed by atoms with Gasteiger partial charge in [-0.1, -0.05) is 20.8 Å². The van der Waals surface area contributed by atoms with E-state index in [-0.39, 0.29) is 5.41 Å². The Balaban J connectivity index is 3.88. The van der Waals surface area contributed by atoms with Gasteiger partial charge in [0.1, 0.15) is 0 Å². The van der Waals surface area contributed by atoms with E-state index in [4.69, 9.17) is 5.73 Å². The molecule has 0 aromatic rings. The van der Waals surface area contributed by atoms with Crippen molar-refractivity contribution in [3.63, 3.8) is 0 Å². The summed E-state index contributed by atoms with van der Waals surface area (Å²) in [6, 6.07) is 0. The summed E-state index contributed by atoms with van der Waals surface area (Å²) in [5, 5.41) is 10.0. The molecule has 0 aliphatic carbocycles. The lowest BCUT2D eigenvalue weighted by Crippen LogP contribution is -2.39. The van der Waals surface area contributed by atoms with E-state index in [0.717, 1.165) is 25.8 Å². The van der Waals surface area contributed by atoms with Crippen LogP contribution in [-0.2, 0) is 0 Å². The first-order valence-corrected chi connectivity index (χ1v) is 4.74. The number of rotatable bonds is 4. The average molecular weight is 173 g/mol. The summed E-state index contributed by atoms with van der Waals surface area (Å²) in [6.45, 7) is 8.82. The second-order valence-corrected chi connectivity index (χ2v) is 4.77. The Hall–Kier alpha value is -0.0800. The molecule has 0 radical (unpaired) electrons. The SMILES string of the molecule is CC(C)(C)C(C)(O)CCCCN. The van der Waals surface area contributed by atoms with Gasteiger partial charge in [0.15, 0.2) is 0 Å². The Bertz CT molecular complexity index is 124. The predicted molar refractivity (Wildman–Crippen MR) is 53.0 cm³/mol. The number of hydrogen-bond donors (Lipinski definition) is 2. The molecular weight excluding hydrogens is 150 g/mol. The minimum Gasteiger partial charge on any atom is -0.390 e. The van der Waals surface area contributed by atoms with E-state index < -0.39 is 5.60 Å². The fraction of sp³-hybridized carbons (Fsp3) is 1.00. The molecule has 0 aliphatic heterocycles. The summed E-state index contributed by atoms with van der Waals surface area (Å²) in [5.74, 6) is 0. The maximum Gasteiger partial charge on any atom is 0.0667 e. The molecule has 2 nitrogen and oxygen atoms in total. The highest BCUT2D eigenvalue weighted by Gasteiger charge is 2.34. The normalized spacial score (nSPS) is 17.5. The molecule has 0 aromatic carbocycles. The van der Waals surface area contributed by atoms with E-state index in [9.17, 15) is 5.11 Å². The van der Waals surface area contributed by atoms with Crippen molar-refractivity contribution < 1.29 is 5.11 Å². The third-order valence-corrected chi connectivity index (χ3v) is 2.73. The molecule has 0 fully saturated rings. The summed E-state index contributed by atoms with van der Waals surface area (Å²) in [6.07, 6.45) is 2.86. The van der Waals surface area contributed by atoms with Crippen LogP contribution in [0.2, 0.25) is 0 Å². The maximum atomic E-state index is 10.0. The monoisotopic (exact) mass is 173 g/mol. The lowest BCUT2D eigenvalue weighted by molar-refractivity contribution is -0.0494. The zero-order valence-electron chi connectivity index (χ0n) is 8.85. The zero-order chi connectivity index (χ0) is 9.83. The van der Waals surface area contributed by atoms with Gasteiger partial charge in [0, 0.05) is 0 Å². The van der Waals surface area contributed by atoms with Crippen LogP contribution in [0.3, 0.4) is 0 Å². The first-order valence-electron chi connectivity index (χ1n) is 4.74. The third kappa shape index (κ3) is 3.55. The van der Waals surface area contributed by atoms with Gasteiger partial charge in [0.2, 0.25) is 0 Å². The van der Waals surface area contributed by atoms with Crippen LogP contribution in [0.5, 0.6) is 0 Å². The van der Waals surface area contributed by atoms with Crippen molar-refractivity contribution >= 4 is 0 Å². The van der Waals surface area contributed by atoms with Crippen molar-refractivity contribution in [2.45, 2.75) is 52.6 Å². The molecule has 3 N–H and O–H groups in total.